The molecule has 8 heteroatoms. The van der Waals surface area contributed by atoms with E-state index in [2.05, 4.69) is 29.2 Å². The van der Waals surface area contributed by atoms with Gasteiger partial charge in [-0.2, -0.15) is 9.61 Å². The standard InChI is InChI=1S/C22H25N5O3/c1-15-4-3-5-16(2)26(15)21(28)14-30-18-8-6-17(7-9-18)22(29)25-20-10-12-23-19-11-13-24-27(19)20/h6-13,15-16H,3-5,14H2,1-2H3,(H,25,29). The minimum absolute atomic E-state index is 0.00236. The van der Waals surface area contributed by atoms with Gasteiger partial charge in [0.05, 0.1) is 6.20 Å². The molecule has 0 aliphatic carbocycles. The number of likely N-dealkylation sites (tertiary alicyclic amines) is 1. The number of benzene rings is 1. The van der Waals surface area contributed by atoms with Crippen LogP contribution in [0.3, 0.4) is 0 Å². The van der Waals surface area contributed by atoms with Crippen LogP contribution in [0.2, 0.25) is 0 Å². The highest BCUT2D eigenvalue weighted by Gasteiger charge is 2.28. The van der Waals surface area contributed by atoms with Gasteiger partial charge in [-0.05, 0) is 63.4 Å². The lowest BCUT2D eigenvalue weighted by Gasteiger charge is -2.38. The van der Waals surface area contributed by atoms with E-state index in [9.17, 15) is 9.59 Å². The van der Waals surface area contributed by atoms with Crippen LogP contribution in [0.15, 0.2) is 48.8 Å². The third-order valence-electron chi connectivity index (χ3n) is 5.49. The fraction of sp³-hybridized carbons (Fsp3) is 0.364. The second kappa shape index (κ2) is 8.52. The summed E-state index contributed by atoms with van der Waals surface area (Å²) in [6.07, 6.45) is 6.45. The molecule has 2 unspecified atom stereocenters. The minimum atomic E-state index is -0.267. The van der Waals surface area contributed by atoms with Crippen LogP contribution < -0.4 is 10.1 Å². The second-order valence-corrected chi connectivity index (χ2v) is 7.63. The van der Waals surface area contributed by atoms with E-state index in [1.807, 2.05) is 4.90 Å². The van der Waals surface area contributed by atoms with Gasteiger partial charge >= 0.3 is 0 Å². The number of hydrogen-bond acceptors (Lipinski definition) is 5. The van der Waals surface area contributed by atoms with Crippen LogP contribution in [0.1, 0.15) is 43.5 Å². The summed E-state index contributed by atoms with van der Waals surface area (Å²) >= 11 is 0. The predicted molar refractivity (Wildman–Crippen MR) is 112 cm³/mol. The number of nitrogens with one attached hydrogen (secondary N) is 1. The van der Waals surface area contributed by atoms with E-state index in [0.717, 1.165) is 19.3 Å². The molecular formula is C22H25N5O3. The molecule has 2 aromatic heterocycles. The Morgan fingerprint density at radius 2 is 1.80 bits per heavy atom. The van der Waals surface area contributed by atoms with Crippen LogP contribution in [0.4, 0.5) is 5.82 Å². The van der Waals surface area contributed by atoms with Gasteiger partial charge in [-0.25, -0.2) is 4.98 Å². The third-order valence-corrected chi connectivity index (χ3v) is 5.49. The molecule has 2 amide bonds. The SMILES string of the molecule is CC1CCCC(C)N1C(=O)COc1ccc(C(=O)Nc2ccnc3ccnn23)cc1. The molecule has 3 heterocycles. The molecule has 1 aliphatic rings. The van der Waals surface area contributed by atoms with Crippen molar-refractivity contribution in [1.29, 1.82) is 0 Å². The normalized spacial score (nSPS) is 18.9. The highest BCUT2D eigenvalue weighted by atomic mass is 16.5. The lowest BCUT2D eigenvalue weighted by molar-refractivity contribution is -0.139. The maximum Gasteiger partial charge on any atom is 0.260 e. The summed E-state index contributed by atoms with van der Waals surface area (Å²) in [4.78, 5) is 31.2. The lowest BCUT2D eigenvalue weighted by atomic mass is 9.97. The van der Waals surface area contributed by atoms with E-state index < -0.39 is 0 Å². The second-order valence-electron chi connectivity index (χ2n) is 7.63. The highest BCUT2D eigenvalue weighted by Crippen LogP contribution is 2.23. The van der Waals surface area contributed by atoms with Gasteiger partial charge in [-0.15, -0.1) is 0 Å². The van der Waals surface area contributed by atoms with Crippen molar-refractivity contribution in [3.05, 3.63) is 54.4 Å². The molecular weight excluding hydrogens is 382 g/mol. The number of carbonyl (C=O) groups excluding carboxylic acids is 2. The van der Waals surface area contributed by atoms with E-state index >= 15 is 0 Å². The van der Waals surface area contributed by atoms with Gasteiger partial charge in [0, 0.05) is 29.9 Å². The molecule has 1 aliphatic heterocycles. The zero-order valence-corrected chi connectivity index (χ0v) is 17.1. The van der Waals surface area contributed by atoms with Crippen molar-refractivity contribution in [3.63, 3.8) is 0 Å². The minimum Gasteiger partial charge on any atom is -0.484 e. The molecule has 3 aromatic rings. The largest absolute Gasteiger partial charge is 0.484 e. The zero-order valence-electron chi connectivity index (χ0n) is 17.1. The topological polar surface area (TPSA) is 88.8 Å². The first-order valence-electron chi connectivity index (χ1n) is 10.2. The van der Waals surface area contributed by atoms with Gasteiger partial charge in [0.1, 0.15) is 11.6 Å². The number of anilines is 1. The number of nitrogens with zero attached hydrogens (tertiary/aromatic N) is 4. The predicted octanol–water partition coefficient (Wildman–Crippen LogP) is 3.15. The molecule has 8 nitrogen and oxygen atoms in total. The molecule has 0 saturated carbocycles. The number of ether oxygens (including phenoxy) is 1. The summed E-state index contributed by atoms with van der Waals surface area (Å²) in [5.41, 5.74) is 1.13. The fourth-order valence-electron chi connectivity index (χ4n) is 3.95. The van der Waals surface area contributed by atoms with Crippen LogP contribution in [-0.2, 0) is 4.79 Å². The van der Waals surface area contributed by atoms with E-state index in [-0.39, 0.29) is 30.5 Å². The number of carbonyl (C=O) groups is 2. The molecule has 4 rings (SSSR count). The first-order valence-corrected chi connectivity index (χ1v) is 10.2. The molecule has 0 radical (unpaired) electrons. The van der Waals surface area contributed by atoms with Crippen molar-refractivity contribution in [2.24, 2.45) is 0 Å². The maximum atomic E-state index is 12.6. The number of piperidine rings is 1. The number of fused-ring (bicyclic) bond motifs is 1. The Balaban J connectivity index is 1.36. The number of hydrogen-bond donors (Lipinski definition) is 1. The maximum absolute atomic E-state index is 12.6. The molecule has 1 aromatic carbocycles. The van der Waals surface area contributed by atoms with Crippen molar-refractivity contribution in [1.82, 2.24) is 19.5 Å². The Bertz CT molecular complexity index is 1040. The van der Waals surface area contributed by atoms with Crippen LogP contribution in [0.5, 0.6) is 5.75 Å². The quantitative estimate of drug-likeness (QED) is 0.702. The smallest absolute Gasteiger partial charge is 0.260 e. The van der Waals surface area contributed by atoms with Gasteiger partial charge in [0.15, 0.2) is 12.3 Å². The van der Waals surface area contributed by atoms with Crippen molar-refractivity contribution in [3.8, 4) is 5.75 Å². The van der Waals surface area contributed by atoms with E-state index in [1.165, 1.54) is 0 Å². The highest BCUT2D eigenvalue weighted by molar-refractivity contribution is 6.03. The number of aromatic nitrogens is 3. The van der Waals surface area contributed by atoms with Crippen molar-refractivity contribution < 1.29 is 14.3 Å². The molecule has 1 N–H and O–H groups in total. The van der Waals surface area contributed by atoms with Gasteiger partial charge in [-0.1, -0.05) is 0 Å². The van der Waals surface area contributed by atoms with Gasteiger partial charge in [-0.3, -0.25) is 9.59 Å². The summed E-state index contributed by atoms with van der Waals surface area (Å²) < 4.78 is 7.23. The van der Waals surface area contributed by atoms with E-state index in [4.69, 9.17) is 4.74 Å². The molecule has 0 bridgehead atoms. The summed E-state index contributed by atoms with van der Waals surface area (Å²) in [7, 11) is 0. The first-order chi connectivity index (χ1) is 14.5. The Morgan fingerprint density at radius 3 is 2.53 bits per heavy atom. The molecule has 0 spiro atoms. The molecule has 156 valence electrons. The van der Waals surface area contributed by atoms with E-state index in [0.29, 0.717) is 22.8 Å². The monoisotopic (exact) mass is 407 g/mol. The molecule has 2 atom stereocenters. The summed E-state index contributed by atoms with van der Waals surface area (Å²) in [5, 5.41) is 6.98. The van der Waals surface area contributed by atoms with Crippen LogP contribution in [0, 0.1) is 0 Å². The summed E-state index contributed by atoms with van der Waals surface area (Å²) in [5.74, 6) is 0.815. The molecule has 30 heavy (non-hydrogen) atoms. The Hall–Kier alpha value is -3.42. The molecule has 1 fully saturated rings. The first kappa shape index (κ1) is 19.9. The zero-order chi connectivity index (χ0) is 21.1. The number of rotatable bonds is 5. The van der Waals surface area contributed by atoms with Crippen LogP contribution in [0.25, 0.3) is 5.65 Å². The van der Waals surface area contributed by atoms with E-state index in [1.54, 1.807) is 53.3 Å². The van der Waals surface area contributed by atoms with Crippen LogP contribution >= 0.6 is 0 Å². The average Bonchev–Trinajstić information content (AvgIpc) is 3.22. The Labute approximate surface area is 174 Å². The Morgan fingerprint density at radius 1 is 1.07 bits per heavy atom. The summed E-state index contributed by atoms with van der Waals surface area (Å²) in [6, 6.07) is 10.7. The lowest BCUT2D eigenvalue weighted by Crippen LogP contribution is -2.49. The van der Waals surface area contributed by atoms with Crippen molar-refractivity contribution >= 4 is 23.3 Å². The van der Waals surface area contributed by atoms with Gasteiger partial charge < -0.3 is 15.0 Å². The van der Waals surface area contributed by atoms with Crippen molar-refractivity contribution in [2.75, 3.05) is 11.9 Å². The van der Waals surface area contributed by atoms with Crippen molar-refractivity contribution in [2.45, 2.75) is 45.2 Å². The average molecular weight is 407 g/mol. The van der Waals surface area contributed by atoms with Crippen LogP contribution in [-0.4, -0.2) is 50.0 Å². The van der Waals surface area contributed by atoms with Gasteiger partial charge in [0.25, 0.3) is 11.8 Å². The third kappa shape index (κ3) is 4.12. The summed E-state index contributed by atoms with van der Waals surface area (Å²) in [6.45, 7) is 4.16. The number of amides is 2. The van der Waals surface area contributed by atoms with Gasteiger partial charge in [0.2, 0.25) is 0 Å². The molecule has 1 saturated heterocycles. The Kier molecular flexibility index (Phi) is 5.65. The fourth-order valence-corrected chi connectivity index (χ4v) is 3.95.